The molecule has 1 fully saturated rings. The van der Waals surface area contributed by atoms with E-state index in [0.717, 1.165) is 0 Å². The van der Waals surface area contributed by atoms with Crippen molar-refractivity contribution in [1.29, 1.82) is 0 Å². The number of aliphatic carboxylic acids is 1. The Morgan fingerprint density at radius 1 is 1.19 bits per heavy atom. The lowest BCUT2D eigenvalue weighted by Gasteiger charge is -2.39. The first-order valence-electron chi connectivity index (χ1n) is 4.92. The Bertz CT molecular complexity index is 254. The van der Waals surface area contributed by atoms with Crippen molar-refractivity contribution < 1.29 is 34.7 Å². The molecule has 0 aromatic carbocycles. The molecule has 4 N–H and O–H groups in total. The van der Waals surface area contributed by atoms with E-state index in [-0.39, 0.29) is 6.10 Å². The average Bonchev–Trinajstić information content (AvgIpc) is 2.18. The molecular weight excluding hydrogens is 220 g/mol. The van der Waals surface area contributed by atoms with Crippen molar-refractivity contribution in [2.45, 2.75) is 50.7 Å². The van der Waals surface area contributed by atoms with Crippen molar-refractivity contribution in [1.82, 2.24) is 0 Å². The van der Waals surface area contributed by atoms with Crippen molar-refractivity contribution in [3.05, 3.63) is 0 Å². The lowest BCUT2D eigenvalue weighted by atomic mass is 9.99. The average molecular weight is 236 g/mol. The van der Waals surface area contributed by atoms with E-state index in [2.05, 4.69) is 0 Å². The van der Waals surface area contributed by atoms with Crippen LogP contribution in [-0.4, -0.2) is 63.2 Å². The Kier molecular flexibility index (Phi) is 4.22. The molecule has 0 aromatic rings. The largest absolute Gasteiger partial charge is 0.479 e. The summed E-state index contributed by atoms with van der Waals surface area (Å²) in [5.41, 5.74) is 0. The quantitative estimate of drug-likeness (QED) is 0.461. The number of aliphatic hydroxyl groups is 3. The summed E-state index contributed by atoms with van der Waals surface area (Å²) in [6.07, 6.45) is -7.95. The summed E-state index contributed by atoms with van der Waals surface area (Å²) in [6.45, 7) is 3.34. The van der Waals surface area contributed by atoms with Gasteiger partial charge < -0.3 is 29.9 Å². The number of carboxylic acid groups (broad SMARTS) is 1. The van der Waals surface area contributed by atoms with E-state index in [1.165, 1.54) is 0 Å². The van der Waals surface area contributed by atoms with Gasteiger partial charge in [-0.1, -0.05) is 0 Å². The van der Waals surface area contributed by atoms with Crippen LogP contribution in [0.3, 0.4) is 0 Å². The lowest BCUT2D eigenvalue weighted by Crippen LogP contribution is -2.60. The molecule has 16 heavy (non-hydrogen) atoms. The molecule has 1 aliphatic rings. The minimum Gasteiger partial charge on any atom is -0.479 e. The summed E-state index contributed by atoms with van der Waals surface area (Å²) >= 11 is 0. The van der Waals surface area contributed by atoms with Gasteiger partial charge in [-0.15, -0.1) is 0 Å². The van der Waals surface area contributed by atoms with Crippen LogP contribution in [0.5, 0.6) is 0 Å². The van der Waals surface area contributed by atoms with Gasteiger partial charge in [-0.05, 0) is 13.8 Å². The normalized spacial score (nSPS) is 40.0. The van der Waals surface area contributed by atoms with E-state index in [1.54, 1.807) is 13.8 Å². The van der Waals surface area contributed by atoms with Crippen molar-refractivity contribution in [2.24, 2.45) is 0 Å². The van der Waals surface area contributed by atoms with Crippen LogP contribution in [-0.2, 0) is 14.3 Å². The first kappa shape index (κ1) is 13.3. The smallest absolute Gasteiger partial charge is 0.335 e. The van der Waals surface area contributed by atoms with Gasteiger partial charge in [0.2, 0.25) is 0 Å². The highest BCUT2D eigenvalue weighted by molar-refractivity contribution is 5.73. The predicted molar refractivity (Wildman–Crippen MR) is 50.5 cm³/mol. The molecule has 2 unspecified atom stereocenters. The Labute approximate surface area is 92.2 Å². The number of rotatable bonds is 3. The maximum absolute atomic E-state index is 10.7. The van der Waals surface area contributed by atoms with Crippen LogP contribution in [0.25, 0.3) is 0 Å². The fourth-order valence-electron chi connectivity index (χ4n) is 1.43. The summed E-state index contributed by atoms with van der Waals surface area (Å²) < 4.78 is 9.97. The maximum atomic E-state index is 10.7. The summed E-state index contributed by atoms with van der Waals surface area (Å²) in [4.78, 5) is 10.7. The highest BCUT2D eigenvalue weighted by atomic mass is 16.7. The van der Waals surface area contributed by atoms with E-state index in [9.17, 15) is 20.1 Å². The Hall–Kier alpha value is -0.730. The van der Waals surface area contributed by atoms with Crippen molar-refractivity contribution in [3.63, 3.8) is 0 Å². The zero-order chi connectivity index (χ0) is 12.5. The second kappa shape index (κ2) is 5.07. The van der Waals surface area contributed by atoms with Crippen molar-refractivity contribution in [3.8, 4) is 0 Å². The molecule has 0 spiro atoms. The molecular formula is C9H16O7. The maximum Gasteiger partial charge on any atom is 0.335 e. The topological polar surface area (TPSA) is 116 Å². The molecule has 7 nitrogen and oxygen atoms in total. The molecule has 94 valence electrons. The molecule has 1 saturated heterocycles. The summed E-state index contributed by atoms with van der Waals surface area (Å²) in [7, 11) is 0. The van der Waals surface area contributed by atoms with E-state index in [4.69, 9.17) is 14.6 Å². The van der Waals surface area contributed by atoms with Gasteiger partial charge in [-0.3, -0.25) is 0 Å². The van der Waals surface area contributed by atoms with Gasteiger partial charge in [0.25, 0.3) is 0 Å². The number of hydrogen-bond acceptors (Lipinski definition) is 6. The van der Waals surface area contributed by atoms with Crippen LogP contribution >= 0.6 is 0 Å². The summed E-state index contributed by atoms with van der Waals surface area (Å²) in [5, 5.41) is 37.0. The third-order valence-electron chi connectivity index (χ3n) is 2.22. The first-order chi connectivity index (χ1) is 7.34. The minimum atomic E-state index is -1.68. The molecule has 0 bridgehead atoms. The van der Waals surface area contributed by atoms with E-state index >= 15 is 0 Å². The molecule has 0 aromatic heterocycles. The monoisotopic (exact) mass is 236 g/mol. The van der Waals surface area contributed by atoms with Crippen LogP contribution in [0, 0.1) is 0 Å². The third kappa shape index (κ3) is 2.69. The third-order valence-corrected chi connectivity index (χ3v) is 2.22. The van der Waals surface area contributed by atoms with Gasteiger partial charge in [-0.25, -0.2) is 4.79 Å². The lowest BCUT2D eigenvalue weighted by molar-refractivity contribution is -0.301. The summed E-state index contributed by atoms with van der Waals surface area (Å²) in [6, 6.07) is 0. The molecule has 7 heteroatoms. The minimum absolute atomic E-state index is 0.309. The SMILES string of the molecule is CC(C)O[C@H]1OC(C(=O)O)[C@H](O)[C@H](O)C1O. The van der Waals surface area contributed by atoms with Crippen LogP contribution < -0.4 is 0 Å². The van der Waals surface area contributed by atoms with Gasteiger partial charge >= 0.3 is 5.97 Å². The van der Waals surface area contributed by atoms with Crippen LogP contribution in [0.2, 0.25) is 0 Å². The van der Waals surface area contributed by atoms with Gasteiger partial charge in [0, 0.05) is 0 Å². The van der Waals surface area contributed by atoms with Crippen LogP contribution in [0.1, 0.15) is 13.8 Å². The fraction of sp³-hybridized carbons (Fsp3) is 0.889. The number of carboxylic acids is 1. The van der Waals surface area contributed by atoms with Crippen LogP contribution in [0.15, 0.2) is 0 Å². The number of ether oxygens (including phenoxy) is 2. The Morgan fingerprint density at radius 2 is 1.75 bits per heavy atom. The zero-order valence-corrected chi connectivity index (χ0v) is 8.98. The van der Waals surface area contributed by atoms with Gasteiger partial charge in [-0.2, -0.15) is 0 Å². The highest BCUT2D eigenvalue weighted by Gasteiger charge is 2.47. The zero-order valence-electron chi connectivity index (χ0n) is 8.98. The Balaban J connectivity index is 2.77. The van der Waals surface area contributed by atoms with E-state index in [0.29, 0.717) is 0 Å². The number of hydrogen-bond donors (Lipinski definition) is 4. The van der Waals surface area contributed by atoms with Crippen molar-refractivity contribution in [2.75, 3.05) is 0 Å². The molecule has 0 amide bonds. The molecule has 0 radical (unpaired) electrons. The molecule has 0 saturated carbocycles. The van der Waals surface area contributed by atoms with Gasteiger partial charge in [0.1, 0.15) is 18.3 Å². The second-order valence-electron chi connectivity index (χ2n) is 3.92. The van der Waals surface area contributed by atoms with Gasteiger partial charge in [0.05, 0.1) is 6.10 Å². The van der Waals surface area contributed by atoms with Crippen LogP contribution in [0.4, 0.5) is 0 Å². The molecule has 1 rings (SSSR count). The van der Waals surface area contributed by atoms with Crippen molar-refractivity contribution >= 4 is 5.97 Å². The standard InChI is InChI=1S/C9H16O7/c1-3(2)15-9-6(12)4(10)5(11)7(16-9)8(13)14/h3-7,9-12H,1-2H3,(H,13,14)/t4-,5+,6?,7?,9-/m0/s1. The predicted octanol–water partition coefficient (Wildman–Crippen LogP) is -1.70. The van der Waals surface area contributed by atoms with Gasteiger partial charge in [0.15, 0.2) is 12.4 Å². The molecule has 5 atom stereocenters. The highest BCUT2D eigenvalue weighted by Crippen LogP contribution is 2.23. The Morgan fingerprint density at radius 3 is 2.19 bits per heavy atom. The fourth-order valence-corrected chi connectivity index (χ4v) is 1.43. The molecule has 0 aliphatic carbocycles. The number of carbonyl (C=O) groups is 1. The summed E-state index contributed by atoms with van der Waals surface area (Å²) in [5.74, 6) is -1.42. The molecule has 1 aliphatic heterocycles. The number of aliphatic hydroxyl groups excluding tert-OH is 3. The second-order valence-corrected chi connectivity index (χ2v) is 3.92. The van der Waals surface area contributed by atoms with E-state index < -0.39 is 36.7 Å². The van der Waals surface area contributed by atoms with E-state index in [1.807, 2.05) is 0 Å². The molecule has 1 heterocycles. The first-order valence-corrected chi connectivity index (χ1v) is 4.92.